The van der Waals surface area contributed by atoms with Gasteiger partial charge in [-0.25, -0.2) is 0 Å². The normalized spacial score (nSPS) is 10.4. The number of hydrogen-bond acceptors (Lipinski definition) is 2. The largest absolute Gasteiger partial charge is 0.388 e. The molecule has 1 aromatic rings. The fourth-order valence-electron chi connectivity index (χ4n) is 1.45. The van der Waals surface area contributed by atoms with Crippen molar-refractivity contribution < 1.29 is 0 Å². The molecule has 0 aliphatic carbocycles. The maximum Gasteiger partial charge on any atom is 0.0429 e. The summed E-state index contributed by atoms with van der Waals surface area (Å²) in [6, 6.07) is 6.25. The van der Waals surface area contributed by atoms with Crippen LogP contribution in [-0.2, 0) is 0 Å². The molecule has 2 heteroatoms. The van der Waals surface area contributed by atoms with Gasteiger partial charge in [-0.05, 0) is 30.5 Å². The van der Waals surface area contributed by atoms with Gasteiger partial charge in [0, 0.05) is 24.0 Å². The van der Waals surface area contributed by atoms with Crippen molar-refractivity contribution in [3.05, 3.63) is 29.3 Å². The molecule has 0 heterocycles. The molecule has 0 amide bonds. The van der Waals surface area contributed by atoms with Gasteiger partial charge in [-0.1, -0.05) is 19.9 Å². The second-order valence-electron chi connectivity index (χ2n) is 3.83. The molecule has 0 aliphatic rings. The van der Waals surface area contributed by atoms with Crippen LogP contribution in [0.3, 0.4) is 0 Å². The predicted octanol–water partition coefficient (Wildman–Crippen LogP) is 3.24. The third-order valence-corrected chi connectivity index (χ3v) is 2.38. The third-order valence-electron chi connectivity index (χ3n) is 2.38. The van der Waals surface area contributed by atoms with Crippen LogP contribution >= 0.6 is 0 Å². The molecule has 1 rings (SSSR count). The maximum absolute atomic E-state index is 7.68. The number of anilines is 1. The van der Waals surface area contributed by atoms with E-state index in [1.54, 1.807) is 0 Å². The van der Waals surface area contributed by atoms with Gasteiger partial charge >= 0.3 is 0 Å². The molecule has 0 aliphatic heterocycles. The first kappa shape index (κ1) is 10.8. The lowest BCUT2D eigenvalue weighted by atomic mass is 9.98. The zero-order chi connectivity index (χ0) is 10.7. The van der Waals surface area contributed by atoms with E-state index in [1.165, 1.54) is 5.56 Å². The minimum atomic E-state index is 0.513. The van der Waals surface area contributed by atoms with E-state index in [9.17, 15) is 0 Å². The summed E-state index contributed by atoms with van der Waals surface area (Å²) in [5.41, 5.74) is 3.92. The highest BCUT2D eigenvalue weighted by atomic mass is 14.8. The molecule has 0 unspecified atom stereocenters. The second-order valence-corrected chi connectivity index (χ2v) is 3.83. The van der Waals surface area contributed by atoms with Gasteiger partial charge in [0.1, 0.15) is 0 Å². The number of rotatable bonds is 3. The highest BCUT2D eigenvalue weighted by molar-refractivity contribution is 6.01. The highest BCUT2D eigenvalue weighted by Crippen LogP contribution is 2.22. The molecule has 2 nitrogen and oxygen atoms in total. The molecule has 0 bridgehead atoms. The minimum absolute atomic E-state index is 0.513. The van der Waals surface area contributed by atoms with Gasteiger partial charge in [0.2, 0.25) is 0 Å². The first-order valence-corrected chi connectivity index (χ1v) is 4.93. The lowest BCUT2D eigenvalue weighted by Gasteiger charge is -2.12. The SMILES string of the molecule is CNc1ccc(C(C)C)cc1C(C)=N. The quantitative estimate of drug-likeness (QED) is 0.705. The summed E-state index contributed by atoms with van der Waals surface area (Å²) in [7, 11) is 1.89. The summed E-state index contributed by atoms with van der Waals surface area (Å²) in [6.07, 6.45) is 0. The van der Waals surface area contributed by atoms with Gasteiger partial charge in [-0.15, -0.1) is 0 Å². The molecule has 0 fully saturated rings. The monoisotopic (exact) mass is 190 g/mol. The standard InChI is InChI=1S/C12H18N2/c1-8(2)10-5-6-12(14-4)11(7-10)9(3)13/h5-8,13-14H,1-4H3. The Labute approximate surface area is 85.9 Å². The molecule has 0 radical (unpaired) electrons. The Morgan fingerprint density at radius 2 is 2.00 bits per heavy atom. The fraction of sp³-hybridized carbons (Fsp3) is 0.417. The van der Waals surface area contributed by atoms with Gasteiger partial charge in [0.05, 0.1) is 0 Å². The van der Waals surface area contributed by atoms with Crippen LogP contribution < -0.4 is 5.32 Å². The Hall–Kier alpha value is -1.31. The molecule has 2 N–H and O–H groups in total. The van der Waals surface area contributed by atoms with Gasteiger partial charge in [-0.2, -0.15) is 0 Å². The molecule has 76 valence electrons. The van der Waals surface area contributed by atoms with Crippen molar-refractivity contribution in [1.82, 2.24) is 0 Å². The van der Waals surface area contributed by atoms with Gasteiger partial charge < -0.3 is 10.7 Å². The van der Waals surface area contributed by atoms with Crippen molar-refractivity contribution in [2.24, 2.45) is 0 Å². The number of benzene rings is 1. The Morgan fingerprint density at radius 1 is 1.36 bits per heavy atom. The van der Waals surface area contributed by atoms with Gasteiger partial charge in [0.15, 0.2) is 0 Å². The van der Waals surface area contributed by atoms with E-state index in [-0.39, 0.29) is 0 Å². The van der Waals surface area contributed by atoms with Crippen LogP contribution in [-0.4, -0.2) is 12.8 Å². The van der Waals surface area contributed by atoms with Gasteiger partial charge in [0.25, 0.3) is 0 Å². The predicted molar refractivity (Wildman–Crippen MR) is 62.6 cm³/mol. The lowest BCUT2D eigenvalue weighted by molar-refractivity contribution is 0.866. The van der Waals surface area contributed by atoms with Crippen molar-refractivity contribution in [2.75, 3.05) is 12.4 Å². The van der Waals surface area contributed by atoms with Crippen LogP contribution in [0, 0.1) is 5.41 Å². The smallest absolute Gasteiger partial charge is 0.0429 e. The molecule has 0 atom stereocenters. The molecule has 14 heavy (non-hydrogen) atoms. The summed E-state index contributed by atoms with van der Waals surface area (Å²) in [6.45, 7) is 6.15. The van der Waals surface area contributed by atoms with E-state index in [2.05, 4.69) is 31.3 Å². The first-order valence-electron chi connectivity index (χ1n) is 4.93. The van der Waals surface area contributed by atoms with Crippen molar-refractivity contribution in [1.29, 1.82) is 5.41 Å². The molecule has 0 spiro atoms. The summed E-state index contributed by atoms with van der Waals surface area (Å²) in [5.74, 6) is 0.513. The number of nitrogens with one attached hydrogen (secondary N) is 2. The van der Waals surface area contributed by atoms with Gasteiger partial charge in [-0.3, -0.25) is 0 Å². The van der Waals surface area contributed by atoms with E-state index >= 15 is 0 Å². The maximum atomic E-state index is 7.68. The summed E-state index contributed by atoms with van der Waals surface area (Å²) in [4.78, 5) is 0. The van der Waals surface area contributed by atoms with Crippen LogP contribution in [0.25, 0.3) is 0 Å². The first-order chi connectivity index (χ1) is 6.56. The Balaban J connectivity index is 3.21. The van der Waals surface area contributed by atoms with Crippen LogP contribution in [0.5, 0.6) is 0 Å². The Morgan fingerprint density at radius 3 is 2.43 bits per heavy atom. The molecule has 1 aromatic carbocycles. The molecule has 0 aromatic heterocycles. The summed E-state index contributed by atoms with van der Waals surface area (Å²) < 4.78 is 0. The van der Waals surface area contributed by atoms with Crippen molar-refractivity contribution in [3.8, 4) is 0 Å². The van der Waals surface area contributed by atoms with Crippen LogP contribution in [0.2, 0.25) is 0 Å². The summed E-state index contributed by atoms with van der Waals surface area (Å²) >= 11 is 0. The van der Waals surface area contributed by atoms with E-state index < -0.39 is 0 Å². The van der Waals surface area contributed by atoms with E-state index in [0.29, 0.717) is 11.6 Å². The van der Waals surface area contributed by atoms with Crippen LogP contribution in [0.1, 0.15) is 37.8 Å². The average molecular weight is 190 g/mol. The Kier molecular flexibility index (Phi) is 3.28. The minimum Gasteiger partial charge on any atom is -0.388 e. The van der Waals surface area contributed by atoms with E-state index in [0.717, 1.165) is 11.3 Å². The Bertz CT molecular complexity index is 340. The summed E-state index contributed by atoms with van der Waals surface area (Å²) in [5, 5.41) is 10.8. The fourth-order valence-corrected chi connectivity index (χ4v) is 1.45. The average Bonchev–Trinajstić information content (AvgIpc) is 2.16. The van der Waals surface area contributed by atoms with Crippen LogP contribution in [0.4, 0.5) is 5.69 Å². The zero-order valence-corrected chi connectivity index (χ0v) is 9.31. The topological polar surface area (TPSA) is 35.9 Å². The lowest BCUT2D eigenvalue weighted by Crippen LogP contribution is -2.02. The molecular formula is C12H18N2. The van der Waals surface area contributed by atoms with E-state index in [1.807, 2.05) is 20.0 Å². The molecule has 0 saturated heterocycles. The highest BCUT2D eigenvalue weighted by Gasteiger charge is 2.06. The zero-order valence-electron chi connectivity index (χ0n) is 9.31. The van der Waals surface area contributed by atoms with Crippen LogP contribution in [0.15, 0.2) is 18.2 Å². The third kappa shape index (κ3) is 2.13. The van der Waals surface area contributed by atoms with E-state index in [4.69, 9.17) is 5.41 Å². The molecule has 0 saturated carbocycles. The molecular weight excluding hydrogens is 172 g/mol. The second kappa shape index (κ2) is 4.27. The van der Waals surface area contributed by atoms with Crippen molar-refractivity contribution in [2.45, 2.75) is 26.7 Å². The number of hydrogen-bond donors (Lipinski definition) is 2. The van der Waals surface area contributed by atoms with Crippen molar-refractivity contribution >= 4 is 11.4 Å². The van der Waals surface area contributed by atoms with Crippen molar-refractivity contribution in [3.63, 3.8) is 0 Å².